The number of quaternary nitrogens is 1. The molecular weight excluding hydrogens is 486 g/mol. The van der Waals surface area contributed by atoms with Crippen LogP contribution in [-0.2, 0) is 6.42 Å². The van der Waals surface area contributed by atoms with E-state index < -0.39 is 6.17 Å². The SMILES string of the molecule is O=C(NCCCN1CCN(c2ccccc2)CC1)c1ccc2n1C(Cc1ccccc1)[NH+]([O-])c1ccccc1-2. The normalized spacial score (nSPS) is 18.8. The zero-order chi connectivity index (χ0) is 26.6. The number of carbonyl (C=O) groups is 1. The summed E-state index contributed by atoms with van der Waals surface area (Å²) in [6, 6.07) is 32.2. The zero-order valence-electron chi connectivity index (χ0n) is 22.1. The molecule has 7 heteroatoms. The molecule has 2 N–H and O–H groups in total. The van der Waals surface area contributed by atoms with Gasteiger partial charge < -0.3 is 20.5 Å². The summed E-state index contributed by atoms with van der Waals surface area (Å²) in [6.45, 7) is 5.65. The van der Waals surface area contributed by atoms with Crippen LogP contribution >= 0.6 is 0 Å². The largest absolute Gasteiger partial charge is 0.627 e. The van der Waals surface area contributed by atoms with Gasteiger partial charge in [0, 0.05) is 50.9 Å². The predicted molar refractivity (Wildman–Crippen MR) is 155 cm³/mol. The number of hydrogen-bond acceptors (Lipinski definition) is 4. The van der Waals surface area contributed by atoms with Crippen LogP contribution in [0.3, 0.4) is 0 Å². The molecule has 1 saturated heterocycles. The van der Waals surface area contributed by atoms with E-state index in [1.807, 2.05) is 71.3 Å². The molecule has 2 aliphatic heterocycles. The average molecular weight is 522 g/mol. The molecule has 0 spiro atoms. The van der Waals surface area contributed by atoms with Crippen molar-refractivity contribution >= 4 is 17.3 Å². The van der Waals surface area contributed by atoms with Crippen molar-refractivity contribution in [1.29, 1.82) is 0 Å². The number of fused-ring (bicyclic) bond motifs is 3. The third-order valence-electron chi connectivity index (χ3n) is 7.94. The fraction of sp³-hybridized carbons (Fsp3) is 0.281. The topological polar surface area (TPSA) is 68.0 Å². The summed E-state index contributed by atoms with van der Waals surface area (Å²) >= 11 is 0. The fourth-order valence-electron chi connectivity index (χ4n) is 5.89. The van der Waals surface area contributed by atoms with E-state index in [0.29, 0.717) is 18.7 Å². The van der Waals surface area contributed by atoms with E-state index in [2.05, 4.69) is 45.4 Å². The first kappa shape index (κ1) is 25.4. The number of amides is 1. The van der Waals surface area contributed by atoms with Crippen LogP contribution in [-0.4, -0.2) is 54.6 Å². The first-order valence-corrected chi connectivity index (χ1v) is 13.9. The molecule has 2 atom stereocenters. The number of rotatable bonds is 8. The Labute approximate surface area is 229 Å². The van der Waals surface area contributed by atoms with Crippen LogP contribution in [0.15, 0.2) is 97.1 Å². The van der Waals surface area contributed by atoms with Gasteiger partial charge in [0.2, 0.25) is 0 Å². The lowest BCUT2D eigenvalue weighted by molar-refractivity contribution is -0.827. The highest BCUT2D eigenvalue weighted by molar-refractivity contribution is 5.94. The number of nitrogens with zero attached hydrogens (tertiary/aromatic N) is 3. The minimum Gasteiger partial charge on any atom is -0.627 e. The van der Waals surface area contributed by atoms with Gasteiger partial charge in [-0.2, -0.15) is 0 Å². The van der Waals surface area contributed by atoms with Crippen LogP contribution < -0.4 is 15.3 Å². The van der Waals surface area contributed by atoms with E-state index in [4.69, 9.17) is 0 Å². The Bertz CT molecular complexity index is 1400. The van der Waals surface area contributed by atoms with E-state index in [1.54, 1.807) is 0 Å². The molecule has 1 aromatic heterocycles. The van der Waals surface area contributed by atoms with Gasteiger partial charge in [0.1, 0.15) is 11.4 Å². The molecule has 0 radical (unpaired) electrons. The molecule has 0 bridgehead atoms. The number of benzene rings is 3. The molecule has 7 nitrogen and oxygen atoms in total. The van der Waals surface area contributed by atoms with Gasteiger partial charge >= 0.3 is 0 Å². The third-order valence-corrected chi connectivity index (χ3v) is 7.94. The maximum Gasteiger partial charge on any atom is 0.268 e. The Morgan fingerprint density at radius 3 is 2.31 bits per heavy atom. The van der Waals surface area contributed by atoms with Crippen LogP contribution in [0.2, 0.25) is 0 Å². The maximum absolute atomic E-state index is 13.6. The molecule has 39 heavy (non-hydrogen) atoms. The first-order chi connectivity index (χ1) is 19.2. The van der Waals surface area contributed by atoms with Gasteiger partial charge in [-0.05, 0) is 48.9 Å². The second-order valence-electron chi connectivity index (χ2n) is 10.4. The number of piperazine rings is 1. The zero-order valence-corrected chi connectivity index (χ0v) is 22.1. The van der Waals surface area contributed by atoms with E-state index in [1.165, 1.54) is 5.69 Å². The summed E-state index contributed by atoms with van der Waals surface area (Å²) in [7, 11) is 0. The van der Waals surface area contributed by atoms with Crippen LogP contribution in [0.4, 0.5) is 11.4 Å². The fourth-order valence-corrected chi connectivity index (χ4v) is 5.89. The average Bonchev–Trinajstić information content (AvgIpc) is 3.44. The number of aromatic nitrogens is 1. The van der Waals surface area contributed by atoms with Crippen molar-refractivity contribution in [2.45, 2.75) is 19.0 Å². The van der Waals surface area contributed by atoms with Gasteiger partial charge in [0.15, 0.2) is 6.17 Å². The highest BCUT2D eigenvalue weighted by Gasteiger charge is 2.34. The maximum atomic E-state index is 13.6. The van der Waals surface area contributed by atoms with Gasteiger partial charge in [0.05, 0.1) is 11.3 Å². The summed E-state index contributed by atoms with van der Waals surface area (Å²) in [6.07, 6.45) is 0.985. The van der Waals surface area contributed by atoms with Gasteiger partial charge in [-0.1, -0.05) is 60.7 Å². The Kier molecular flexibility index (Phi) is 7.45. The Morgan fingerprint density at radius 2 is 1.54 bits per heavy atom. The minimum absolute atomic E-state index is 0.0573. The molecule has 3 heterocycles. The molecule has 4 aromatic rings. The molecule has 200 valence electrons. The van der Waals surface area contributed by atoms with Crippen molar-refractivity contribution in [3.8, 4) is 11.3 Å². The molecule has 1 fully saturated rings. The molecule has 2 aliphatic rings. The van der Waals surface area contributed by atoms with Crippen LogP contribution in [0.1, 0.15) is 28.6 Å². The summed E-state index contributed by atoms with van der Waals surface area (Å²) in [5.74, 6) is -0.125. The van der Waals surface area contributed by atoms with Gasteiger partial charge in [-0.3, -0.25) is 14.3 Å². The quantitative estimate of drug-likeness (QED) is 0.273. The molecular formula is C32H35N5O2. The lowest BCUT2D eigenvalue weighted by atomic mass is 10.0. The summed E-state index contributed by atoms with van der Waals surface area (Å²) in [5, 5.41) is 16.8. The van der Waals surface area contributed by atoms with E-state index in [0.717, 1.165) is 61.7 Å². The number of nitrogens with one attached hydrogen (secondary N) is 2. The van der Waals surface area contributed by atoms with Crippen molar-refractivity contribution in [3.63, 3.8) is 0 Å². The van der Waals surface area contributed by atoms with E-state index in [9.17, 15) is 10.0 Å². The number of hydroxylamine groups is 1. The summed E-state index contributed by atoms with van der Waals surface area (Å²) in [4.78, 5) is 18.3. The predicted octanol–water partition coefficient (Wildman–Crippen LogP) is 3.87. The summed E-state index contributed by atoms with van der Waals surface area (Å²) in [5.41, 5.74) is 5.45. The number of hydrogen-bond donors (Lipinski definition) is 2. The number of para-hydroxylation sites is 2. The Balaban J connectivity index is 1.10. The first-order valence-electron chi connectivity index (χ1n) is 13.9. The van der Waals surface area contributed by atoms with Crippen molar-refractivity contribution in [3.05, 3.63) is 114 Å². The van der Waals surface area contributed by atoms with Gasteiger partial charge in [-0.25, -0.2) is 0 Å². The molecule has 1 amide bonds. The van der Waals surface area contributed by atoms with Gasteiger partial charge in [0.25, 0.3) is 5.91 Å². The van der Waals surface area contributed by atoms with Crippen molar-refractivity contribution < 1.29 is 9.86 Å². The minimum atomic E-state index is -0.450. The Hall–Kier alpha value is -3.91. The molecule has 2 unspecified atom stereocenters. The number of carbonyl (C=O) groups excluding carboxylic acids is 1. The van der Waals surface area contributed by atoms with E-state index >= 15 is 0 Å². The van der Waals surface area contributed by atoms with Crippen molar-refractivity contribution in [1.82, 2.24) is 14.8 Å². The Morgan fingerprint density at radius 1 is 0.846 bits per heavy atom. The summed E-state index contributed by atoms with van der Waals surface area (Å²) < 4.78 is 1.95. The smallest absolute Gasteiger partial charge is 0.268 e. The lowest BCUT2D eigenvalue weighted by Crippen LogP contribution is -3.04. The standard InChI is InChI=1S/C32H35N5O2/c38-32(33-18-9-19-34-20-22-35(23-21-34)26-12-5-2-6-13-26)30-17-16-28-27-14-7-8-15-29(27)37(39)31(36(28)30)24-25-10-3-1-4-11-25/h1-8,10-17,31,37H,9,18-24H2,(H,33,38). The van der Waals surface area contributed by atoms with Crippen LogP contribution in [0, 0.1) is 5.21 Å². The number of anilines is 1. The van der Waals surface area contributed by atoms with Crippen molar-refractivity contribution in [2.24, 2.45) is 0 Å². The van der Waals surface area contributed by atoms with Crippen LogP contribution in [0.25, 0.3) is 11.3 Å². The second kappa shape index (κ2) is 11.5. The van der Waals surface area contributed by atoms with Crippen molar-refractivity contribution in [2.75, 3.05) is 44.2 Å². The van der Waals surface area contributed by atoms with Gasteiger partial charge in [-0.15, -0.1) is 0 Å². The third kappa shape index (κ3) is 5.34. The second-order valence-corrected chi connectivity index (χ2v) is 10.4. The molecule has 6 rings (SSSR count). The highest BCUT2D eigenvalue weighted by Crippen LogP contribution is 2.34. The van der Waals surface area contributed by atoms with E-state index in [-0.39, 0.29) is 11.0 Å². The monoisotopic (exact) mass is 521 g/mol. The molecule has 0 saturated carbocycles. The molecule has 0 aliphatic carbocycles. The highest BCUT2D eigenvalue weighted by atomic mass is 16.5. The van der Waals surface area contributed by atoms with Crippen LogP contribution in [0.5, 0.6) is 0 Å². The molecule has 3 aromatic carbocycles. The lowest BCUT2D eigenvalue weighted by Gasteiger charge is -2.38.